The molecule has 0 bridgehead atoms. The molecule has 1 aromatic rings. The molecule has 1 aromatic carbocycles. The number of rotatable bonds is 5. The fraction of sp³-hybridized carbons (Fsp3) is 0.500. The van der Waals surface area contributed by atoms with E-state index in [1.54, 1.807) is 7.11 Å². The number of aliphatic hydroxyl groups excluding tert-OH is 1. The summed E-state index contributed by atoms with van der Waals surface area (Å²) >= 11 is 0. The highest BCUT2D eigenvalue weighted by atomic mass is 16.5. The summed E-state index contributed by atoms with van der Waals surface area (Å²) in [5.41, 5.74) is 2.30. The largest absolute Gasteiger partial charge is 0.496 e. The second-order valence-corrected chi connectivity index (χ2v) is 3.60. The van der Waals surface area contributed by atoms with E-state index >= 15 is 0 Å². The zero-order valence-corrected chi connectivity index (χ0v) is 9.58. The van der Waals surface area contributed by atoms with Gasteiger partial charge in [0.2, 0.25) is 0 Å². The summed E-state index contributed by atoms with van der Waals surface area (Å²) in [4.78, 5) is 0. The smallest absolute Gasteiger partial charge is 0.123 e. The van der Waals surface area contributed by atoms with Gasteiger partial charge in [-0.1, -0.05) is 17.7 Å². The highest BCUT2D eigenvalue weighted by molar-refractivity contribution is 5.39. The molecule has 15 heavy (non-hydrogen) atoms. The van der Waals surface area contributed by atoms with Crippen LogP contribution in [-0.4, -0.2) is 25.9 Å². The number of hydrogen-bond acceptors (Lipinski definition) is 3. The first-order chi connectivity index (χ1) is 7.22. The number of ether oxygens (including phenoxy) is 1. The lowest BCUT2D eigenvalue weighted by Crippen LogP contribution is -2.18. The van der Waals surface area contributed by atoms with Crippen LogP contribution in [0, 0.1) is 6.92 Å². The Kier molecular flexibility index (Phi) is 4.59. The number of hydrogen-bond donors (Lipinski definition) is 2. The number of aryl methyl sites for hydroxylation is 1. The predicted molar refractivity (Wildman–Crippen MR) is 61.2 cm³/mol. The van der Waals surface area contributed by atoms with E-state index in [4.69, 9.17) is 9.84 Å². The van der Waals surface area contributed by atoms with E-state index in [0.29, 0.717) is 6.42 Å². The van der Waals surface area contributed by atoms with Crippen molar-refractivity contribution in [2.45, 2.75) is 19.4 Å². The van der Waals surface area contributed by atoms with Gasteiger partial charge in [-0.2, -0.15) is 0 Å². The average molecular weight is 209 g/mol. The van der Waals surface area contributed by atoms with Crippen molar-refractivity contribution in [2.75, 3.05) is 20.8 Å². The molecule has 0 heterocycles. The van der Waals surface area contributed by atoms with Crippen molar-refractivity contribution >= 4 is 0 Å². The van der Waals surface area contributed by atoms with Crippen LogP contribution < -0.4 is 10.1 Å². The number of nitrogens with one attached hydrogen (secondary N) is 1. The topological polar surface area (TPSA) is 41.5 Å². The molecule has 0 fully saturated rings. The minimum atomic E-state index is 0.143. The molecule has 0 aromatic heterocycles. The van der Waals surface area contributed by atoms with Crippen LogP contribution in [0.4, 0.5) is 0 Å². The standard InChI is InChI=1S/C12H19NO2/c1-9-4-5-12(15-3)10(8-9)11(13-2)6-7-14/h4-5,8,11,13-14H,6-7H2,1-3H3. The summed E-state index contributed by atoms with van der Waals surface area (Å²) in [5.74, 6) is 0.869. The molecule has 3 heteroatoms. The lowest BCUT2D eigenvalue weighted by molar-refractivity contribution is 0.267. The Morgan fingerprint density at radius 1 is 1.47 bits per heavy atom. The molecule has 0 spiro atoms. The van der Waals surface area contributed by atoms with E-state index < -0.39 is 0 Å². The minimum Gasteiger partial charge on any atom is -0.496 e. The molecule has 2 N–H and O–H groups in total. The van der Waals surface area contributed by atoms with E-state index in [1.807, 2.05) is 19.2 Å². The molecule has 1 atom stereocenters. The Morgan fingerprint density at radius 2 is 2.20 bits per heavy atom. The van der Waals surface area contributed by atoms with Gasteiger partial charge in [-0.05, 0) is 26.5 Å². The molecular formula is C12H19NO2. The van der Waals surface area contributed by atoms with Crippen molar-refractivity contribution in [3.8, 4) is 5.75 Å². The third-order valence-electron chi connectivity index (χ3n) is 2.53. The van der Waals surface area contributed by atoms with Gasteiger partial charge in [0.1, 0.15) is 5.75 Å². The molecule has 3 nitrogen and oxygen atoms in total. The second kappa shape index (κ2) is 5.73. The van der Waals surface area contributed by atoms with Crippen LogP contribution in [0.15, 0.2) is 18.2 Å². The summed E-state index contributed by atoms with van der Waals surface area (Å²) < 4.78 is 5.31. The number of methoxy groups -OCH3 is 1. The predicted octanol–water partition coefficient (Wildman–Crippen LogP) is 1.65. The molecule has 0 amide bonds. The molecule has 0 aliphatic heterocycles. The normalized spacial score (nSPS) is 12.5. The molecule has 0 aliphatic carbocycles. The van der Waals surface area contributed by atoms with Crippen LogP contribution in [0.3, 0.4) is 0 Å². The second-order valence-electron chi connectivity index (χ2n) is 3.60. The van der Waals surface area contributed by atoms with E-state index in [2.05, 4.69) is 18.3 Å². The fourth-order valence-electron chi connectivity index (χ4n) is 1.71. The summed E-state index contributed by atoms with van der Waals surface area (Å²) in [6.45, 7) is 2.22. The SMILES string of the molecule is CNC(CCO)c1cc(C)ccc1OC. The maximum absolute atomic E-state index is 8.98. The van der Waals surface area contributed by atoms with E-state index in [0.717, 1.165) is 11.3 Å². The Balaban J connectivity index is 3.02. The first kappa shape index (κ1) is 12.0. The van der Waals surface area contributed by atoms with Crippen molar-refractivity contribution < 1.29 is 9.84 Å². The van der Waals surface area contributed by atoms with Crippen molar-refractivity contribution in [1.82, 2.24) is 5.32 Å². The third kappa shape index (κ3) is 2.94. The van der Waals surface area contributed by atoms with Gasteiger partial charge in [0.15, 0.2) is 0 Å². The lowest BCUT2D eigenvalue weighted by atomic mass is 10.0. The molecule has 0 radical (unpaired) electrons. The molecule has 0 aliphatic rings. The molecule has 0 saturated carbocycles. The fourth-order valence-corrected chi connectivity index (χ4v) is 1.71. The van der Waals surface area contributed by atoms with Crippen LogP contribution in [0.5, 0.6) is 5.75 Å². The summed E-state index contributed by atoms with van der Waals surface area (Å²) in [6, 6.07) is 6.22. The zero-order valence-electron chi connectivity index (χ0n) is 9.58. The molecular weight excluding hydrogens is 190 g/mol. The lowest BCUT2D eigenvalue weighted by Gasteiger charge is -2.19. The van der Waals surface area contributed by atoms with Gasteiger partial charge in [0.05, 0.1) is 7.11 Å². The Hall–Kier alpha value is -1.06. The van der Waals surface area contributed by atoms with Crippen molar-refractivity contribution in [2.24, 2.45) is 0 Å². The van der Waals surface area contributed by atoms with Crippen LogP contribution in [-0.2, 0) is 0 Å². The minimum absolute atomic E-state index is 0.143. The van der Waals surface area contributed by atoms with Crippen LogP contribution in [0.2, 0.25) is 0 Å². The summed E-state index contributed by atoms with van der Waals surface area (Å²) in [6.07, 6.45) is 0.691. The van der Waals surface area contributed by atoms with Gasteiger partial charge < -0.3 is 15.2 Å². The first-order valence-corrected chi connectivity index (χ1v) is 5.15. The number of aliphatic hydroxyl groups is 1. The van der Waals surface area contributed by atoms with Gasteiger partial charge in [-0.25, -0.2) is 0 Å². The first-order valence-electron chi connectivity index (χ1n) is 5.15. The molecule has 1 rings (SSSR count). The van der Waals surface area contributed by atoms with Crippen molar-refractivity contribution in [3.63, 3.8) is 0 Å². The van der Waals surface area contributed by atoms with Gasteiger partial charge in [0, 0.05) is 18.2 Å². The Morgan fingerprint density at radius 3 is 2.73 bits per heavy atom. The highest BCUT2D eigenvalue weighted by Gasteiger charge is 2.13. The van der Waals surface area contributed by atoms with E-state index in [9.17, 15) is 0 Å². The van der Waals surface area contributed by atoms with E-state index in [-0.39, 0.29) is 12.6 Å². The quantitative estimate of drug-likeness (QED) is 0.774. The van der Waals surface area contributed by atoms with Crippen molar-refractivity contribution in [1.29, 1.82) is 0 Å². The monoisotopic (exact) mass is 209 g/mol. The molecule has 84 valence electrons. The van der Waals surface area contributed by atoms with Gasteiger partial charge in [-0.15, -0.1) is 0 Å². The number of benzene rings is 1. The van der Waals surface area contributed by atoms with Crippen LogP contribution in [0.1, 0.15) is 23.6 Å². The maximum Gasteiger partial charge on any atom is 0.123 e. The van der Waals surface area contributed by atoms with Gasteiger partial charge in [-0.3, -0.25) is 0 Å². The van der Waals surface area contributed by atoms with Crippen molar-refractivity contribution in [3.05, 3.63) is 29.3 Å². The Bertz CT molecular complexity index is 312. The summed E-state index contributed by atoms with van der Waals surface area (Å²) in [5, 5.41) is 12.2. The van der Waals surface area contributed by atoms with Gasteiger partial charge >= 0.3 is 0 Å². The Labute approximate surface area is 91.1 Å². The molecule has 1 unspecified atom stereocenters. The summed E-state index contributed by atoms with van der Waals surface area (Å²) in [7, 11) is 3.56. The third-order valence-corrected chi connectivity index (χ3v) is 2.53. The maximum atomic E-state index is 8.98. The zero-order chi connectivity index (χ0) is 11.3. The molecule has 0 saturated heterocycles. The van der Waals surface area contributed by atoms with E-state index in [1.165, 1.54) is 5.56 Å². The van der Waals surface area contributed by atoms with Crippen LogP contribution >= 0.6 is 0 Å². The highest BCUT2D eigenvalue weighted by Crippen LogP contribution is 2.27. The average Bonchev–Trinajstić information content (AvgIpc) is 2.26. The van der Waals surface area contributed by atoms with Gasteiger partial charge in [0.25, 0.3) is 0 Å². The van der Waals surface area contributed by atoms with Crippen LogP contribution in [0.25, 0.3) is 0 Å².